The molecule has 1 fully saturated rings. The molecule has 25 heavy (non-hydrogen) atoms. The average Bonchev–Trinajstić information content (AvgIpc) is 2.85. The zero-order chi connectivity index (χ0) is 17.9. The summed E-state index contributed by atoms with van der Waals surface area (Å²) in [6, 6.07) is 5.10. The van der Waals surface area contributed by atoms with Crippen molar-refractivity contribution in [2.45, 2.75) is 38.8 Å². The minimum atomic E-state index is -0.616. The standard InChI is InChI=1S/C18H18ClN3O3/c1-18(2,3)25-17(24)14-15-12-7-8-21(12)16(23)13-10(19)5-4-6-11(13)22(15)9-20-14/h4-6,9,12H,7-8H2,1-3H3/t12-/m0/s1. The summed E-state index contributed by atoms with van der Waals surface area (Å²) in [4.78, 5) is 31.5. The van der Waals surface area contributed by atoms with Crippen molar-refractivity contribution in [1.82, 2.24) is 14.5 Å². The molecule has 0 radical (unpaired) electrons. The van der Waals surface area contributed by atoms with E-state index in [1.165, 1.54) is 0 Å². The van der Waals surface area contributed by atoms with Gasteiger partial charge in [-0.05, 0) is 39.3 Å². The molecule has 1 saturated heterocycles. The molecule has 0 unspecified atom stereocenters. The summed E-state index contributed by atoms with van der Waals surface area (Å²) >= 11 is 6.30. The first-order chi connectivity index (χ1) is 11.8. The number of carbonyl (C=O) groups excluding carboxylic acids is 2. The molecule has 0 aliphatic carbocycles. The third-order valence-electron chi connectivity index (χ3n) is 4.46. The second-order valence-corrected chi connectivity index (χ2v) is 7.69. The van der Waals surface area contributed by atoms with Crippen LogP contribution in [-0.4, -0.2) is 38.5 Å². The summed E-state index contributed by atoms with van der Waals surface area (Å²) in [6.45, 7) is 6.07. The zero-order valence-electron chi connectivity index (χ0n) is 14.2. The van der Waals surface area contributed by atoms with Gasteiger partial charge in [0.25, 0.3) is 5.91 Å². The molecule has 1 aromatic carbocycles. The predicted molar refractivity (Wildman–Crippen MR) is 92.1 cm³/mol. The Balaban J connectivity index is 1.90. The number of amides is 1. The highest BCUT2D eigenvalue weighted by Gasteiger charge is 2.43. The van der Waals surface area contributed by atoms with Crippen molar-refractivity contribution in [2.75, 3.05) is 6.54 Å². The molecule has 1 amide bonds. The van der Waals surface area contributed by atoms with E-state index in [1.54, 1.807) is 27.9 Å². The van der Waals surface area contributed by atoms with Crippen molar-refractivity contribution in [2.24, 2.45) is 0 Å². The number of rotatable bonds is 1. The number of imidazole rings is 1. The highest BCUT2D eigenvalue weighted by molar-refractivity contribution is 6.34. The first kappa shape index (κ1) is 16.1. The van der Waals surface area contributed by atoms with Crippen molar-refractivity contribution in [3.8, 4) is 5.69 Å². The van der Waals surface area contributed by atoms with Crippen LogP contribution in [-0.2, 0) is 4.74 Å². The topological polar surface area (TPSA) is 64.4 Å². The van der Waals surface area contributed by atoms with Crippen LogP contribution in [0.3, 0.4) is 0 Å². The normalized spacial score (nSPS) is 18.6. The van der Waals surface area contributed by atoms with E-state index in [4.69, 9.17) is 16.3 Å². The van der Waals surface area contributed by atoms with E-state index in [-0.39, 0.29) is 17.6 Å². The Bertz CT molecular complexity index is 897. The summed E-state index contributed by atoms with van der Waals surface area (Å²) in [5.74, 6) is -0.596. The smallest absolute Gasteiger partial charge is 0.359 e. The van der Waals surface area contributed by atoms with Crippen molar-refractivity contribution in [3.05, 3.63) is 46.5 Å². The molecule has 0 saturated carbocycles. The molecule has 0 N–H and O–H groups in total. The maximum atomic E-state index is 12.9. The maximum absolute atomic E-state index is 12.9. The van der Waals surface area contributed by atoms with Crippen molar-refractivity contribution in [1.29, 1.82) is 0 Å². The number of hydrogen-bond acceptors (Lipinski definition) is 4. The van der Waals surface area contributed by atoms with Crippen molar-refractivity contribution in [3.63, 3.8) is 0 Å². The molecule has 2 aliphatic heterocycles. The van der Waals surface area contributed by atoms with Gasteiger partial charge in [0, 0.05) is 6.54 Å². The second-order valence-electron chi connectivity index (χ2n) is 7.29. The van der Waals surface area contributed by atoms with Gasteiger partial charge in [-0.3, -0.25) is 9.36 Å². The Morgan fingerprint density at radius 3 is 2.76 bits per heavy atom. The summed E-state index contributed by atoms with van der Waals surface area (Å²) in [6.07, 6.45) is 2.34. The van der Waals surface area contributed by atoms with Crippen molar-refractivity contribution < 1.29 is 14.3 Å². The number of nitrogens with zero attached hydrogens (tertiary/aromatic N) is 3. The van der Waals surface area contributed by atoms with Crippen LogP contribution in [0.4, 0.5) is 0 Å². The summed E-state index contributed by atoms with van der Waals surface area (Å²) in [7, 11) is 0. The quantitative estimate of drug-likeness (QED) is 0.732. The SMILES string of the molecule is CC(C)(C)OC(=O)c1ncn2c1[C@@H]1CCN1C(=O)c1c(Cl)cccc1-2. The molecular weight excluding hydrogens is 342 g/mol. The number of hydrogen-bond donors (Lipinski definition) is 0. The Hall–Kier alpha value is -2.34. The van der Waals surface area contributed by atoms with E-state index in [9.17, 15) is 9.59 Å². The third-order valence-corrected chi connectivity index (χ3v) is 4.77. The monoisotopic (exact) mass is 359 g/mol. The lowest BCUT2D eigenvalue weighted by Crippen LogP contribution is -2.45. The van der Waals surface area contributed by atoms with Gasteiger partial charge in [-0.2, -0.15) is 0 Å². The Labute approximate surface area is 150 Å². The molecule has 2 aliphatic rings. The fourth-order valence-corrected chi connectivity index (χ4v) is 3.59. The van der Waals surface area contributed by atoms with Gasteiger partial charge in [0.15, 0.2) is 5.69 Å². The Morgan fingerprint density at radius 2 is 2.12 bits per heavy atom. The van der Waals surface area contributed by atoms with Crippen LogP contribution in [0.5, 0.6) is 0 Å². The molecular formula is C18H18ClN3O3. The minimum absolute atomic E-state index is 0.115. The molecule has 7 heteroatoms. The van der Waals surface area contributed by atoms with E-state index >= 15 is 0 Å². The van der Waals surface area contributed by atoms with Gasteiger partial charge in [-0.1, -0.05) is 17.7 Å². The summed E-state index contributed by atoms with van der Waals surface area (Å²) in [5, 5.41) is 0.397. The number of halogens is 1. The number of fused-ring (bicyclic) bond motifs is 5. The fourth-order valence-electron chi connectivity index (χ4n) is 3.34. The number of esters is 1. The fraction of sp³-hybridized carbons (Fsp3) is 0.389. The maximum Gasteiger partial charge on any atom is 0.359 e. The van der Waals surface area contributed by atoms with E-state index < -0.39 is 11.6 Å². The van der Waals surface area contributed by atoms with E-state index in [2.05, 4.69) is 4.98 Å². The minimum Gasteiger partial charge on any atom is -0.455 e. The molecule has 130 valence electrons. The van der Waals surface area contributed by atoms with Gasteiger partial charge < -0.3 is 9.64 Å². The molecule has 6 nitrogen and oxygen atoms in total. The van der Waals surface area contributed by atoms with Gasteiger partial charge in [0.2, 0.25) is 0 Å². The Kier molecular flexibility index (Phi) is 3.44. The van der Waals surface area contributed by atoms with E-state index in [1.807, 2.05) is 26.8 Å². The summed E-state index contributed by atoms with van der Waals surface area (Å²) in [5.41, 5.74) is 1.42. The average molecular weight is 360 g/mol. The number of benzene rings is 1. The van der Waals surface area contributed by atoms with Gasteiger partial charge in [0.1, 0.15) is 11.9 Å². The second kappa shape index (κ2) is 5.33. The first-order valence-corrected chi connectivity index (χ1v) is 8.56. The third kappa shape index (κ3) is 2.43. The molecule has 2 aromatic rings. The number of carbonyl (C=O) groups is 2. The van der Waals surface area contributed by atoms with Crippen LogP contribution in [0.1, 0.15) is 59.8 Å². The van der Waals surface area contributed by atoms with Crippen LogP contribution in [0, 0.1) is 0 Å². The number of ether oxygens (including phenoxy) is 1. The van der Waals surface area contributed by atoms with Gasteiger partial charge in [-0.25, -0.2) is 9.78 Å². The highest BCUT2D eigenvalue weighted by Crippen LogP contribution is 2.42. The first-order valence-electron chi connectivity index (χ1n) is 8.18. The van der Waals surface area contributed by atoms with Crippen molar-refractivity contribution >= 4 is 23.5 Å². The van der Waals surface area contributed by atoms with Gasteiger partial charge >= 0.3 is 5.97 Å². The van der Waals surface area contributed by atoms with E-state index in [0.717, 1.165) is 6.42 Å². The lowest BCUT2D eigenvalue weighted by molar-refractivity contribution is 0.00537. The molecule has 0 spiro atoms. The van der Waals surface area contributed by atoms with Crippen LogP contribution >= 0.6 is 11.6 Å². The summed E-state index contributed by atoms with van der Waals surface area (Å²) < 4.78 is 7.28. The molecule has 1 aromatic heterocycles. The van der Waals surface area contributed by atoms with Gasteiger partial charge in [0.05, 0.1) is 28.0 Å². The Morgan fingerprint density at radius 1 is 1.36 bits per heavy atom. The van der Waals surface area contributed by atoms with Crippen LogP contribution in [0.15, 0.2) is 24.5 Å². The lowest BCUT2D eigenvalue weighted by Gasteiger charge is -2.39. The molecule has 0 bridgehead atoms. The van der Waals surface area contributed by atoms with Gasteiger partial charge in [-0.15, -0.1) is 0 Å². The van der Waals surface area contributed by atoms with Crippen LogP contribution in [0.2, 0.25) is 5.02 Å². The molecule has 3 heterocycles. The number of aromatic nitrogens is 2. The zero-order valence-corrected chi connectivity index (χ0v) is 15.0. The molecule has 4 rings (SSSR count). The van der Waals surface area contributed by atoms with E-state index in [0.29, 0.717) is 28.5 Å². The lowest BCUT2D eigenvalue weighted by atomic mass is 9.97. The molecule has 1 atom stereocenters. The largest absolute Gasteiger partial charge is 0.455 e. The van der Waals surface area contributed by atoms with Crippen LogP contribution in [0.25, 0.3) is 5.69 Å². The van der Waals surface area contributed by atoms with Crippen LogP contribution < -0.4 is 0 Å². The predicted octanol–water partition coefficient (Wildman–Crippen LogP) is 3.38. The highest BCUT2D eigenvalue weighted by atomic mass is 35.5.